The maximum atomic E-state index is 11.4. The lowest BCUT2D eigenvalue weighted by Gasteiger charge is -2.34. The van der Waals surface area contributed by atoms with Gasteiger partial charge in [0.1, 0.15) is 0 Å². The number of nitrogens with one attached hydrogen (secondary N) is 2. The highest BCUT2D eigenvalue weighted by atomic mass is 16.5. The topological polar surface area (TPSA) is 86.0 Å². The summed E-state index contributed by atoms with van der Waals surface area (Å²) in [6.07, 6.45) is 2.14. The summed E-state index contributed by atoms with van der Waals surface area (Å²) < 4.78 is 5.44. The number of rotatable bonds is 8. The highest BCUT2D eigenvalue weighted by Crippen LogP contribution is 2.22. The van der Waals surface area contributed by atoms with Crippen LogP contribution in [0.15, 0.2) is 15.6 Å². The van der Waals surface area contributed by atoms with Crippen LogP contribution in [0.2, 0.25) is 0 Å². The maximum Gasteiger partial charge on any atom is 0.219 e. The quantitative estimate of drug-likeness (QED) is 0.525. The fourth-order valence-electron chi connectivity index (χ4n) is 3.32. The minimum absolute atomic E-state index is 0.164. The Labute approximate surface area is 162 Å². The molecule has 0 aromatic carbocycles. The number of piperazine rings is 1. The van der Waals surface area contributed by atoms with Gasteiger partial charge in [-0.25, -0.2) is 0 Å². The summed E-state index contributed by atoms with van der Waals surface area (Å²) in [5.41, 5.74) is 1.03. The number of hydrogen-bond acceptors (Lipinski definition) is 5. The van der Waals surface area contributed by atoms with Crippen LogP contribution in [0, 0.1) is 0 Å². The Morgan fingerprint density at radius 2 is 1.96 bits per heavy atom. The first-order chi connectivity index (χ1) is 13.1. The van der Waals surface area contributed by atoms with Crippen molar-refractivity contribution in [1.82, 2.24) is 25.6 Å². The van der Waals surface area contributed by atoms with Crippen LogP contribution >= 0.6 is 0 Å². The van der Waals surface area contributed by atoms with Gasteiger partial charge in [0, 0.05) is 65.2 Å². The van der Waals surface area contributed by atoms with Gasteiger partial charge in [-0.05, 0) is 12.8 Å². The van der Waals surface area contributed by atoms with Crippen molar-refractivity contribution in [2.75, 3.05) is 46.3 Å². The van der Waals surface area contributed by atoms with Gasteiger partial charge in [-0.3, -0.25) is 14.7 Å². The lowest BCUT2D eigenvalue weighted by atomic mass is 9.99. The minimum Gasteiger partial charge on any atom is -0.359 e. The third-order valence-electron chi connectivity index (χ3n) is 5.17. The largest absolute Gasteiger partial charge is 0.359 e. The van der Waals surface area contributed by atoms with Crippen molar-refractivity contribution in [2.24, 2.45) is 4.99 Å². The van der Waals surface area contributed by atoms with E-state index in [-0.39, 0.29) is 5.91 Å². The first kappa shape index (κ1) is 21.2. The van der Waals surface area contributed by atoms with E-state index in [0.29, 0.717) is 12.5 Å². The number of carbonyl (C=O) groups is 1. The smallest absolute Gasteiger partial charge is 0.219 e. The lowest BCUT2D eigenvalue weighted by molar-refractivity contribution is -0.130. The van der Waals surface area contributed by atoms with Crippen molar-refractivity contribution >= 4 is 11.9 Å². The zero-order valence-electron chi connectivity index (χ0n) is 17.1. The second-order valence-electron chi connectivity index (χ2n) is 6.93. The molecule has 1 aliphatic heterocycles. The molecule has 0 unspecified atom stereocenters. The number of guanidine groups is 1. The molecule has 2 heterocycles. The van der Waals surface area contributed by atoms with Gasteiger partial charge in [0.25, 0.3) is 0 Å². The van der Waals surface area contributed by atoms with Gasteiger partial charge in [-0.1, -0.05) is 19.0 Å². The van der Waals surface area contributed by atoms with Crippen LogP contribution in [-0.2, 0) is 11.3 Å². The van der Waals surface area contributed by atoms with Gasteiger partial charge >= 0.3 is 0 Å². The Morgan fingerprint density at radius 3 is 2.56 bits per heavy atom. The molecule has 1 amide bonds. The number of hydrogen-bond donors (Lipinski definition) is 2. The van der Waals surface area contributed by atoms with Crippen molar-refractivity contribution in [1.29, 1.82) is 0 Å². The predicted molar refractivity (Wildman–Crippen MR) is 107 cm³/mol. The second-order valence-corrected chi connectivity index (χ2v) is 6.93. The van der Waals surface area contributed by atoms with E-state index in [1.807, 2.05) is 11.0 Å². The molecule has 1 aromatic rings. The van der Waals surface area contributed by atoms with E-state index in [1.54, 1.807) is 14.0 Å². The second kappa shape index (κ2) is 10.9. The summed E-state index contributed by atoms with van der Waals surface area (Å²) in [5.74, 6) is 2.19. The average Bonchev–Trinajstić information content (AvgIpc) is 3.14. The SMILES string of the molecule is CCC(CC)c1cc(CNC(=NC)NCCN2CCN(C(C)=O)CC2)on1. The summed E-state index contributed by atoms with van der Waals surface area (Å²) >= 11 is 0. The molecule has 1 saturated heterocycles. The first-order valence-corrected chi connectivity index (χ1v) is 9.95. The van der Waals surface area contributed by atoms with Crippen molar-refractivity contribution in [3.63, 3.8) is 0 Å². The zero-order chi connectivity index (χ0) is 19.6. The minimum atomic E-state index is 0.164. The Bertz CT molecular complexity index is 603. The molecule has 152 valence electrons. The summed E-state index contributed by atoms with van der Waals surface area (Å²) in [6.45, 7) is 11.7. The fourth-order valence-corrected chi connectivity index (χ4v) is 3.32. The van der Waals surface area contributed by atoms with E-state index >= 15 is 0 Å². The normalized spacial score (nSPS) is 16.0. The number of aliphatic imine (C=N–C) groups is 1. The van der Waals surface area contributed by atoms with Gasteiger partial charge in [-0.15, -0.1) is 0 Å². The molecule has 1 fully saturated rings. The van der Waals surface area contributed by atoms with Crippen molar-refractivity contribution < 1.29 is 9.32 Å². The molecular weight excluding hydrogens is 344 g/mol. The third-order valence-corrected chi connectivity index (χ3v) is 5.17. The fraction of sp³-hybridized carbons (Fsp3) is 0.737. The average molecular weight is 379 g/mol. The standard InChI is InChI=1S/C19H34N6O2/c1-5-16(6-2)18-13-17(27-23-18)14-22-19(20-4)21-7-8-24-9-11-25(12-10-24)15(3)26/h13,16H,5-12,14H2,1-4H3,(H2,20,21,22). The van der Waals surface area contributed by atoms with Crippen molar-refractivity contribution in [3.05, 3.63) is 17.5 Å². The van der Waals surface area contributed by atoms with E-state index in [0.717, 1.165) is 69.5 Å². The van der Waals surface area contributed by atoms with Crippen LogP contribution in [0.5, 0.6) is 0 Å². The Balaban J connectivity index is 1.68. The Hall–Kier alpha value is -2.09. The van der Waals surface area contributed by atoms with Gasteiger partial charge in [0.2, 0.25) is 5.91 Å². The Morgan fingerprint density at radius 1 is 1.26 bits per heavy atom. The molecule has 2 rings (SSSR count). The van der Waals surface area contributed by atoms with Gasteiger partial charge in [0.15, 0.2) is 11.7 Å². The number of carbonyl (C=O) groups excluding carboxylic acids is 1. The first-order valence-electron chi connectivity index (χ1n) is 9.95. The van der Waals surface area contributed by atoms with Gasteiger partial charge < -0.3 is 20.1 Å². The molecule has 1 aromatic heterocycles. The van der Waals surface area contributed by atoms with Gasteiger partial charge in [-0.2, -0.15) is 0 Å². The summed E-state index contributed by atoms with van der Waals surface area (Å²) in [6, 6.07) is 2.03. The number of nitrogens with zero attached hydrogens (tertiary/aromatic N) is 4. The Kier molecular flexibility index (Phi) is 8.57. The number of aromatic nitrogens is 1. The lowest BCUT2D eigenvalue weighted by Crippen LogP contribution is -2.50. The zero-order valence-corrected chi connectivity index (χ0v) is 17.1. The van der Waals surface area contributed by atoms with Crippen molar-refractivity contribution in [2.45, 2.75) is 46.1 Å². The molecule has 0 atom stereocenters. The monoisotopic (exact) mass is 378 g/mol. The third kappa shape index (κ3) is 6.53. The van der Waals surface area contributed by atoms with E-state index in [9.17, 15) is 4.79 Å². The van der Waals surface area contributed by atoms with E-state index < -0.39 is 0 Å². The summed E-state index contributed by atoms with van der Waals surface area (Å²) in [4.78, 5) is 19.9. The molecule has 1 aliphatic rings. The summed E-state index contributed by atoms with van der Waals surface area (Å²) in [5, 5.41) is 10.8. The van der Waals surface area contributed by atoms with Gasteiger partial charge in [0.05, 0.1) is 12.2 Å². The van der Waals surface area contributed by atoms with Crippen LogP contribution in [0.3, 0.4) is 0 Å². The van der Waals surface area contributed by atoms with E-state index in [4.69, 9.17) is 4.52 Å². The van der Waals surface area contributed by atoms with Crippen LogP contribution in [-0.4, -0.2) is 73.1 Å². The van der Waals surface area contributed by atoms with Crippen LogP contribution < -0.4 is 10.6 Å². The molecule has 0 spiro atoms. The van der Waals surface area contributed by atoms with Crippen molar-refractivity contribution in [3.8, 4) is 0 Å². The predicted octanol–water partition coefficient (Wildman–Crippen LogP) is 1.41. The molecule has 27 heavy (non-hydrogen) atoms. The van der Waals surface area contributed by atoms with Crippen LogP contribution in [0.1, 0.15) is 51.0 Å². The molecule has 0 radical (unpaired) electrons. The summed E-state index contributed by atoms with van der Waals surface area (Å²) in [7, 11) is 1.76. The highest BCUT2D eigenvalue weighted by Gasteiger charge is 2.18. The van der Waals surface area contributed by atoms with E-state index in [1.165, 1.54) is 0 Å². The van der Waals surface area contributed by atoms with Crippen LogP contribution in [0.4, 0.5) is 0 Å². The molecule has 0 aliphatic carbocycles. The molecule has 8 heteroatoms. The maximum absolute atomic E-state index is 11.4. The molecule has 8 nitrogen and oxygen atoms in total. The van der Waals surface area contributed by atoms with E-state index in [2.05, 4.69) is 39.5 Å². The highest BCUT2D eigenvalue weighted by molar-refractivity contribution is 5.79. The number of amides is 1. The molecule has 0 saturated carbocycles. The molecule has 0 bridgehead atoms. The van der Waals surface area contributed by atoms with Crippen LogP contribution in [0.25, 0.3) is 0 Å². The molecular formula is C19H34N6O2. The molecule has 2 N–H and O–H groups in total.